The largest absolute Gasteiger partial charge is 0.508 e. The molecule has 0 saturated heterocycles. The summed E-state index contributed by atoms with van der Waals surface area (Å²) < 4.78 is 0.678. The number of halogens is 1. The molecule has 0 saturated carbocycles. The molecule has 6 heteroatoms. The number of carbonyl (C=O) groups excluding carboxylic acids is 1. The maximum absolute atomic E-state index is 12.1. The Morgan fingerprint density at radius 2 is 1.95 bits per heavy atom. The van der Waals surface area contributed by atoms with E-state index in [1.807, 2.05) is 6.92 Å². The number of nitrogens with one attached hydrogen (secondary N) is 1. The van der Waals surface area contributed by atoms with Crippen molar-refractivity contribution < 1.29 is 15.0 Å². The Morgan fingerprint density at radius 1 is 1.25 bits per heavy atom. The van der Waals surface area contributed by atoms with Gasteiger partial charge in [0.05, 0.1) is 11.3 Å². The summed E-state index contributed by atoms with van der Waals surface area (Å²) in [5.74, 6) is -0.853. The third kappa shape index (κ3) is 2.85. The molecule has 0 atom stereocenters. The Morgan fingerprint density at radius 3 is 2.65 bits per heavy atom. The zero-order chi connectivity index (χ0) is 14.9. The lowest BCUT2D eigenvalue weighted by molar-refractivity contribution is 0.102. The highest BCUT2D eigenvalue weighted by molar-refractivity contribution is 9.10. The van der Waals surface area contributed by atoms with Crippen molar-refractivity contribution in [1.29, 1.82) is 0 Å². The van der Waals surface area contributed by atoms with Gasteiger partial charge in [0.2, 0.25) is 0 Å². The van der Waals surface area contributed by atoms with Gasteiger partial charge >= 0.3 is 0 Å². The Hall–Kier alpha value is -2.21. The first-order valence-corrected chi connectivity index (χ1v) is 6.56. The van der Waals surface area contributed by atoms with Gasteiger partial charge in [-0.3, -0.25) is 4.79 Å². The third-order valence-electron chi connectivity index (χ3n) is 2.83. The van der Waals surface area contributed by atoms with Crippen LogP contribution in [0.5, 0.6) is 11.5 Å². The first kappa shape index (κ1) is 14.2. The van der Waals surface area contributed by atoms with Gasteiger partial charge in [-0.2, -0.15) is 0 Å². The van der Waals surface area contributed by atoms with E-state index in [1.165, 1.54) is 18.2 Å². The van der Waals surface area contributed by atoms with E-state index < -0.39 is 5.91 Å². The van der Waals surface area contributed by atoms with Gasteiger partial charge in [-0.05, 0) is 58.7 Å². The number of aromatic hydroxyl groups is 2. The van der Waals surface area contributed by atoms with Crippen LogP contribution in [0.4, 0.5) is 11.4 Å². The predicted molar refractivity (Wildman–Crippen MR) is 81.0 cm³/mol. The first-order valence-electron chi connectivity index (χ1n) is 5.77. The molecule has 20 heavy (non-hydrogen) atoms. The Labute approximate surface area is 124 Å². The van der Waals surface area contributed by atoms with Crippen molar-refractivity contribution >= 4 is 33.2 Å². The van der Waals surface area contributed by atoms with Gasteiger partial charge in [0.1, 0.15) is 11.5 Å². The molecule has 5 nitrogen and oxygen atoms in total. The number of hydrogen-bond acceptors (Lipinski definition) is 4. The summed E-state index contributed by atoms with van der Waals surface area (Å²) in [5.41, 5.74) is 7.70. The zero-order valence-electron chi connectivity index (χ0n) is 10.6. The molecule has 2 rings (SSSR count). The van der Waals surface area contributed by atoms with Crippen LogP contribution < -0.4 is 11.1 Å². The third-order valence-corrected chi connectivity index (χ3v) is 3.48. The Kier molecular flexibility index (Phi) is 3.85. The lowest BCUT2D eigenvalue weighted by atomic mass is 10.1. The average Bonchev–Trinajstić information content (AvgIpc) is 2.38. The van der Waals surface area contributed by atoms with Crippen molar-refractivity contribution in [2.75, 3.05) is 11.1 Å². The molecule has 0 aliphatic heterocycles. The van der Waals surface area contributed by atoms with Crippen molar-refractivity contribution in [2.24, 2.45) is 0 Å². The van der Waals surface area contributed by atoms with E-state index in [0.717, 1.165) is 5.56 Å². The van der Waals surface area contributed by atoms with Crippen LogP contribution in [-0.2, 0) is 0 Å². The second-order valence-electron chi connectivity index (χ2n) is 4.34. The number of benzene rings is 2. The number of nitrogens with two attached hydrogens (primary N) is 1. The smallest absolute Gasteiger partial charge is 0.259 e. The molecular weight excluding hydrogens is 324 g/mol. The molecule has 0 aliphatic carbocycles. The van der Waals surface area contributed by atoms with Crippen molar-refractivity contribution in [2.45, 2.75) is 6.92 Å². The molecule has 1 amide bonds. The summed E-state index contributed by atoms with van der Waals surface area (Å²) in [4.78, 5) is 12.1. The molecule has 0 spiro atoms. The van der Waals surface area contributed by atoms with Crippen LogP contribution in [0.2, 0.25) is 0 Å². The molecule has 5 N–H and O–H groups in total. The monoisotopic (exact) mass is 336 g/mol. The molecule has 0 aliphatic rings. The predicted octanol–water partition coefficient (Wildman–Crippen LogP) is 3.00. The summed E-state index contributed by atoms with van der Waals surface area (Å²) in [6, 6.07) is 7.15. The van der Waals surface area contributed by atoms with E-state index in [4.69, 9.17) is 5.73 Å². The molecule has 0 fully saturated rings. The zero-order valence-corrected chi connectivity index (χ0v) is 12.2. The molecule has 0 bridgehead atoms. The van der Waals surface area contributed by atoms with Gasteiger partial charge in [0.15, 0.2) is 0 Å². The number of nitrogen functional groups attached to an aromatic ring is 1. The van der Waals surface area contributed by atoms with Gasteiger partial charge < -0.3 is 21.3 Å². The highest BCUT2D eigenvalue weighted by Crippen LogP contribution is 2.29. The summed E-state index contributed by atoms with van der Waals surface area (Å²) >= 11 is 3.33. The summed E-state index contributed by atoms with van der Waals surface area (Å²) in [6.07, 6.45) is 0. The second-order valence-corrected chi connectivity index (χ2v) is 5.20. The number of anilines is 2. The molecule has 0 heterocycles. The summed E-state index contributed by atoms with van der Waals surface area (Å²) in [5, 5.41) is 21.6. The minimum absolute atomic E-state index is 0.0175. The number of rotatable bonds is 2. The summed E-state index contributed by atoms with van der Waals surface area (Å²) in [7, 11) is 0. The Bertz CT molecular complexity index is 686. The maximum Gasteiger partial charge on any atom is 0.259 e. The van der Waals surface area contributed by atoms with Crippen LogP contribution in [0.1, 0.15) is 15.9 Å². The lowest BCUT2D eigenvalue weighted by Gasteiger charge is -2.11. The van der Waals surface area contributed by atoms with Gasteiger partial charge in [-0.25, -0.2) is 0 Å². The van der Waals surface area contributed by atoms with E-state index in [2.05, 4.69) is 21.2 Å². The lowest BCUT2D eigenvalue weighted by Crippen LogP contribution is -2.13. The molecule has 0 unspecified atom stereocenters. The minimum atomic E-state index is -0.539. The van der Waals surface area contributed by atoms with Crippen molar-refractivity contribution in [3.8, 4) is 11.5 Å². The van der Waals surface area contributed by atoms with E-state index in [-0.39, 0.29) is 17.1 Å². The van der Waals surface area contributed by atoms with Crippen LogP contribution in [0, 0.1) is 6.92 Å². The van der Waals surface area contributed by atoms with E-state index in [9.17, 15) is 15.0 Å². The molecule has 2 aromatic rings. The fourth-order valence-corrected chi connectivity index (χ4v) is 2.24. The molecule has 0 radical (unpaired) electrons. The maximum atomic E-state index is 12.1. The van der Waals surface area contributed by atoms with E-state index in [1.54, 1.807) is 12.1 Å². The molecular formula is C14H13BrN2O3. The van der Waals surface area contributed by atoms with Crippen LogP contribution in [-0.4, -0.2) is 16.1 Å². The topological polar surface area (TPSA) is 95.6 Å². The molecule has 2 aromatic carbocycles. The number of carbonyl (C=O) groups is 1. The number of amides is 1. The van der Waals surface area contributed by atoms with E-state index in [0.29, 0.717) is 15.8 Å². The van der Waals surface area contributed by atoms with Gasteiger partial charge in [0.25, 0.3) is 5.91 Å². The SMILES string of the molecule is Cc1cc(Br)c(NC(=O)c2cc(O)ccc2O)cc1N. The number of phenolic OH excluding ortho intramolecular Hbond substituents is 2. The standard InChI is InChI=1S/C14H13BrN2O3/c1-7-4-10(15)12(6-11(7)16)17-14(20)9-5-8(18)2-3-13(9)19/h2-6,18-19H,16H2,1H3,(H,17,20). The fourth-order valence-electron chi connectivity index (χ4n) is 1.68. The van der Waals surface area contributed by atoms with Crippen LogP contribution in [0.15, 0.2) is 34.8 Å². The van der Waals surface area contributed by atoms with Gasteiger partial charge in [0, 0.05) is 10.2 Å². The Balaban J connectivity index is 2.32. The molecule has 0 aromatic heterocycles. The summed E-state index contributed by atoms with van der Waals surface area (Å²) in [6.45, 7) is 1.85. The number of aryl methyl sites for hydroxylation is 1. The molecule has 104 valence electrons. The van der Waals surface area contributed by atoms with Crippen LogP contribution in [0.25, 0.3) is 0 Å². The highest BCUT2D eigenvalue weighted by Gasteiger charge is 2.14. The average molecular weight is 337 g/mol. The van der Waals surface area contributed by atoms with Crippen molar-refractivity contribution in [3.63, 3.8) is 0 Å². The normalized spacial score (nSPS) is 10.3. The first-order chi connectivity index (χ1) is 9.38. The van der Waals surface area contributed by atoms with Crippen molar-refractivity contribution in [1.82, 2.24) is 0 Å². The number of phenols is 2. The van der Waals surface area contributed by atoms with Crippen molar-refractivity contribution in [3.05, 3.63) is 45.9 Å². The number of hydrogen-bond donors (Lipinski definition) is 4. The van der Waals surface area contributed by atoms with E-state index >= 15 is 0 Å². The van der Waals surface area contributed by atoms with Crippen LogP contribution in [0.3, 0.4) is 0 Å². The second kappa shape index (κ2) is 5.42. The fraction of sp³-hybridized carbons (Fsp3) is 0.0714. The van der Waals surface area contributed by atoms with Gasteiger partial charge in [-0.1, -0.05) is 0 Å². The van der Waals surface area contributed by atoms with Gasteiger partial charge in [-0.15, -0.1) is 0 Å². The quantitative estimate of drug-likeness (QED) is 0.500. The van der Waals surface area contributed by atoms with Crippen LogP contribution >= 0.6 is 15.9 Å². The minimum Gasteiger partial charge on any atom is -0.508 e. The highest BCUT2D eigenvalue weighted by atomic mass is 79.9.